The van der Waals surface area contributed by atoms with Crippen molar-refractivity contribution < 1.29 is 15.1 Å². The zero-order valence-electron chi connectivity index (χ0n) is 10.2. The predicted molar refractivity (Wildman–Crippen MR) is 62.6 cm³/mol. The number of methoxy groups -OCH3 is 1. The van der Waals surface area contributed by atoms with Crippen LogP contribution in [0.3, 0.4) is 0 Å². The maximum atomic E-state index is 9.90. The maximum Gasteiger partial charge on any atom is 0.143 e. The van der Waals surface area contributed by atoms with Gasteiger partial charge in [-0.25, -0.2) is 0 Å². The van der Waals surface area contributed by atoms with Gasteiger partial charge in [-0.3, -0.25) is 0 Å². The van der Waals surface area contributed by atoms with Crippen LogP contribution in [0.5, 0.6) is 0 Å². The van der Waals surface area contributed by atoms with E-state index in [0.29, 0.717) is 26.1 Å². The van der Waals surface area contributed by atoms with Crippen molar-refractivity contribution in [2.75, 3.05) is 26.8 Å². The van der Waals surface area contributed by atoms with E-state index < -0.39 is 5.60 Å². The molecule has 2 unspecified atom stereocenters. The minimum atomic E-state index is -0.805. The van der Waals surface area contributed by atoms with Crippen LogP contribution in [0.15, 0.2) is 5.16 Å². The summed E-state index contributed by atoms with van der Waals surface area (Å²) >= 11 is 0. The molecule has 0 amide bonds. The number of nitrogens with one attached hydrogen (secondary N) is 1. The third-order valence-corrected chi connectivity index (χ3v) is 2.42. The molecule has 16 heavy (non-hydrogen) atoms. The van der Waals surface area contributed by atoms with Crippen molar-refractivity contribution in [2.45, 2.75) is 25.9 Å². The van der Waals surface area contributed by atoms with Crippen molar-refractivity contribution in [1.82, 2.24) is 5.32 Å². The normalized spacial score (nSPS) is 18.1. The second-order valence-electron chi connectivity index (χ2n) is 4.30. The smallest absolute Gasteiger partial charge is 0.143 e. The van der Waals surface area contributed by atoms with Crippen molar-refractivity contribution in [3.05, 3.63) is 0 Å². The Labute approximate surface area is 96.5 Å². The van der Waals surface area contributed by atoms with Crippen LogP contribution in [0.1, 0.15) is 20.3 Å². The van der Waals surface area contributed by atoms with Crippen LogP contribution in [0, 0.1) is 5.92 Å². The number of nitrogens with zero attached hydrogens (tertiary/aromatic N) is 1. The van der Waals surface area contributed by atoms with Gasteiger partial charge < -0.3 is 26.1 Å². The Morgan fingerprint density at radius 3 is 2.75 bits per heavy atom. The van der Waals surface area contributed by atoms with E-state index in [2.05, 4.69) is 10.5 Å². The summed E-state index contributed by atoms with van der Waals surface area (Å²) in [5.74, 6) is 0.118. The fourth-order valence-electron chi connectivity index (χ4n) is 1.17. The molecule has 0 saturated carbocycles. The van der Waals surface area contributed by atoms with E-state index in [4.69, 9.17) is 15.7 Å². The van der Waals surface area contributed by atoms with Crippen molar-refractivity contribution >= 4 is 5.84 Å². The highest BCUT2D eigenvalue weighted by atomic mass is 16.5. The van der Waals surface area contributed by atoms with E-state index in [9.17, 15) is 5.11 Å². The molecule has 0 heterocycles. The lowest BCUT2D eigenvalue weighted by Crippen LogP contribution is -2.42. The first kappa shape index (κ1) is 15.2. The molecule has 0 rings (SSSR count). The molecule has 0 fully saturated rings. The summed E-state index contributed by atoms with van der Waals surface area (Å²) in [7, 11) is 1.60. The molecule has 0 aromatic rings. The van der Waals surface area contributed by atoms with Crippen molar-refractivity contribution in [3.8, 4) is 0 Å². The zero-order chi connectivity index (χ0) is 12.6. The highest BCUT2D eigenvalue weighted by molar-refractivity contribution is 5.82. The van der Waals surface area contributed by atoms with Crippen LogP contribution in [-0.2, 0) is 4.74 Å². The van der Waals surface area contributed by atoms with Crippen LogP contribution in [0.4, 0.5) is 0 Å². The molecular formula is C10H23N3O3. The van der Waals surface area contributed by atoms with Gasteiger partial charge in [-0.05, 0) is 6.92 Å². The molecule has 2 atom stereocenters. The largest absolute Gasteiger partial charge is 0.409 e. The molecule has 0 spiro atoms. The topological polar surface area (TPSA) is 100 Å². The van der Waals surface area contributed by atoms with Crippen molar-refractivity contribution in [1.29, 1.82) is 0 Å². The summed E-state index contributed by atoms with van der Waals surface area (Å²) in [5, 5.41) is 24.3. The summed E-state index contributed by atoms with van der Waals surface area (Å²) in [6.45, 7) is 5.10. The zero-order valence-corrected chi connectivity index (χ0v) is 10.2. The van der Waals surface area contributed by atoms with Gasteiger partial charge in [0.05, 0.1) is 5.60 Å². The van der Waals surface area contributed by atoms with Gasteiger partial charge in [-0.1, -0.05) is 12.1 Å². The predicted octanol–water partition coefficient (Wildman–Crippen LogP) is -0.254. The van der Waals surface area contributed by atoms with Crippen LogP contribution in [0.2, 0.25) is 0 Å². The van der Waals surface area contributed by atoms with Gasteiger partial charge in [-0.2, -0.15) is 0 Å². The minimum absolute atomic E-state index is 0.0665. The minimum Gasteiger partial charge on any atom is -0.409 e. The van der Waals surface area contributed by atoms with Crippen LogP contribution in [-0.4, -0.2) is 48.6 Å². The summed E-state index contributed by atoms with van der Waals surface area (Å²) in [6, 6.07) is 0. The number of amidine groups is 1. The first-order valence-electron chi connectivity index (χ1n) is 5.32. The summed E-state index contributed by atoms with van der Waals surface area (Å²) in [6.07, 6.45) is 0.564. The Bertz CT molecular complexity index is 219. The number of oxime groups is 1. The molecule has 5 N–H and O–H groups in total. The van der Waals surface area contributed by atoms with E-state index in [1.807, 2.05) is 6.92 Å². The van der Waals surface area contributed by atoms with E-state index in [-0.39, 0.29) is 11.8 Å². The van der Waals surface area contributed by atoms with E-state index in [0.717, 1.165) is 0 Å². The Balaban J connectivity index is 3.79. The molecule has 0 aromatic heterocycles. The molecule has 0 bridgehead atoms. The molecule has 0 aliphatic rings. The highest BCUT2D eigenvalue weighted by Crippen LogP contribution is 2.07. The quantitative estimate of drug-likeness (QED) is 0.200. The van der Waals surface area contributed by atoms with Gasteiger partial charge in [0, 0.05) is 39.1 Å². The number of nitrogens with two attached hydrogens (primary N) is 1. The molecular weight excluding hydrogens is 210 g/mol. The summed E-state index contributed by atoms with van der Waals surface area (Å²) in [4.78, 5) is 0. The monoisotopic (exact) mass is 233 g/mol. The standard InChI is InChI=1S/C10H23N3O3/c1-8(9(11)13-15)6-12-7-10(2,14)4-5-16-3/h8,12,14-15H,4-7H2,1-3H3,(H2,11,13). The van der Waals surface area contributed by atoms with Crippen LogP contribution in [0.25, 0.3) is 0 Å². The molecule has 0 saturated heterocycles. The summed E-state index contributed by atoms with van der Waals surface area (Å²) in [5.41, 5.74) is 4.62. The SMILES string of the molecule is COCCC(C)(O)CNCC(C)C(N)=NO. The average molecular weight is 233 g/mol. The Kier molecular flexibility index (Phi) is 7.03. The molecule has 0 aromatic carbocycles. The summed E-state index contributed by atoms with van der Waals surface area (Å²) < 4.78 is 4.90. The van der Waals surface area contributed by atoms with Gasteiger partial charge in [0.1, 0.15) is 5.84 Å². The van der Waals surface area contributed by atoms with Crippen LogP contribution < -0.4 is 11.1 Å². The molecule has 0 aliphatic carbocycles. The lowest BCUT2D eigenvalue weighted by atomic mass is 10.0. The molecule has 96 valence electrons. The van der Waals surface area contributed by atoms with Crippen molar-refractivity contribution in [2.24, 2.45) is 16.8 Å². The van der Waals surface area contributed by atoms with Crippen LogP contribution >= 0.6 is 0 Å². The number of aliphatic hydroxyl groups is 1. The Morgan fingerprint density at radius 2 is 2.25 bits per heavy atom. The van der Waals surface area contributed by atoms with E-state index in [1.54, 1.807) is 14.0 Å². The Hall–Kier alpha value is -0.850. The van der Waals surface area contributed by atoms with Gasteiger partial charge in [0.15, 0.2) is 0 Å². The maximum absolute atomic E-state index is 9.90. The number of rotatable bonds is 8. The first-order chi connectivity index (χ1) is 7.43. The molecule has 6 nitrogen and oxygen atoms in total. The van der Waals surface area contributed by atoms with E-state index in [1.165, 1.54) is 0 Å². The number of ether oxygens (including phenoxy) is 1. The third kappa shape index (κ3) is 6.60. The van der Waals surface area contributed by atoms with Gasteiger partial charge in [-0.15, -0.1) is 0 Å². The lowest BCUT2D eigenvalue weighted by Gasteiger charge is -2.24. The van der Waals surface area contributed by atoms with Gasteiger partial charge in [0.25, 0.3) is 0 Å². The fraction of sp³-hybridized carbons (Fsp3) is 0.900. The van der Waals surface area contributed by atoms with Gasteiger partial charge in [0.2, 0.25) is 0 Å². The number of hydrogen-bond donors (Lipinski definition) is 4. The van der Waals surface area contributed by atoms with Gasteiger partial charge >= 0.3 is 0 Å². The second kappa shape index (κ2) is 7.43. The lowest BCUT2D eigenvalue weighted by molar-refractivity contribution is 0.0248. The first-order valence-corrected chi connectivity index (χ1v) is 5.32. The highest BCUT2D eigenvalue weighted by Gasteiger charge is 2.19. The molecule has 0 radical (unpaired) electrons. The van der Waals surface area contributed by atoms with E-state index >= 15 is 0 Å². The number of hydrogen-bond acceptors (Lipinski definition) is 5. The second-order valence-corrected chi connectivity index (χ2v) is 4.30. The average Bonchev–Trinajstić information content (AvgIpc) is 2.24. The fourth-order valence-corrected chi connectivity index (χ4v) is 1.17. The molecule has 0 aliphatic heterocycles. The third-order valence-electron chi connectivity index (χ3n) is 2.42. The molecule has 6 heteroatoms. The Morgan fingerprint density at radius 1 is 1.62 bits per heavy atom. The van der Waals surface area contributed by atoms with Crippen molar-refractivity contribution in [3.63, 3.8) is 0 Å².